The van der Waals surface area contributed by atoms with Crippen LogP contribution in [0.1, 0.15) is 45.1 Å². The first kappa shape index (κ1) is 16.5. The van der Waals surface area contributed by atoms with Crippen LogP contribution in [0.2, 0.25) is 0 Å². The average Bonchev–Trinajstić information content (AvgIpc) is 2.55. The van der Waals surface area contributed by atoms with Gasteiger partial charge in [0.2, 0.25) is 11.8 Å². The van der Waals surface area contributed by atoms with Crippen LogP contribution < -0.4 is 5.32 Å². The molecule has 2 rings (SSSR count). The first-order valence-corrected chi connectivity index (χ1v) is 8.32. The van der Waals surface area contributed by atoms with Crippen molar-refractivity contribution in [3.05, 3.63) is 29.8 Å². The number of aryl methyl sites for hydroxylation is 1. The zero-order valence-electron chi connectivity index (χ0n) is 13.6. The highest BCUT2D eigenvalue weighted by atomic mass is 16.2. The third-order valence-corrected chi connectivity index (χ3v) is 4.34. The largest absolute Gasteiger partial charge is 0.343 e. The van der Waals surface area contributed by atoms with E-state index in [1.165, 1.54) is 0 Å². The quantitative estimate of drug-likeness (QED) is 0.908. The highest BCUT2D eigenvalue weighted by Gasteiger charge is 2.27. The minimum Gasteiger partial charge on any atom is -0.343 e. The van der Waals surface area contributed by atoms with Gasteiger partial charge < -0.3 is 10.2 Å². The Labute approximate surface area is 132 Å². The van der Waals surface area contributed by atoms with Crippen molar-refractivity contribution < 1.29 is 9.59 Å². The Bertz CT molecular complexity index is 520. The van der Waals surface area contributed by atoms with Gasteiger partial charge in [0, 0.05) is 31.1 Å². The van der Waals surface area contributed by atoms with Crippen LogP contribution in [-0.4, -0.2) is 29.8 Å². The molecule has 1 aliphatic heterocycles. The standard InChI is InChI=1S/C18H26N2O2/c1-3-7-17(21)20-12-10-15(11-13-20)18(22)19-16-9-6-5-8-14(16)4-2/h5-6,8-9,15H,3-4,7,10-13H2,1-2H3,(H,19,22). The number of para-hydroxylation sites is 1. The highest BCUT2D eigenvalue weighted by molar-refractivity contribution is 5.93. The lowest BCUT2D eigenvalue weighted by Gasteiger charge is -2.31. The number of piperidine rings is 1. The Morgan fingerprint density at radius 1 is 1.18 bits per heavy atom. The Hall–Kier alpha value is -1.84. The Morgan fingerprint density at radius 3 is 2.50 bits per heavy atom. The fourth-order valence-corrected chi connectivity index (χ4v) is 2.95. The van der Waals surface area contributed by atoms with Crippen molar-refractivity contribution in [3.8, 4) is 0 Å². The summed E-state index contributed by atoms with van der Waals surface area (Å²) in [4.78, 5) is 26.2. The van der Waals surface area contributed by atoms with Gasteiger partial charge in [-0.1, -0.05) is 32.0 Å². The number of benzene rings is 1. The molecule has 1 fully saturated rings. The lowest BCUT2D eigenvalue weighted by Crippen LogP contribution is -2.41. The van der Waals surface area contributed by atoms with Crippen molar-refractivity contribution in [2.24, 2.45) is 5.92 Å². The zero-order valence-corrected chi connectivity index (χ0v) is 13.6. The maximum Gasteiger partial charge on any atom is 0.227 e. The number of anilines is 1. The van der Waals surface area contributed by atoms with Crippen molar-refractivity contribution >= 4 is 17.5 Å². The summed E-state index contributed by atoms with van der Waals surface area (Å²) in [5.74, 6) is 0.316. The monoisotopic (exact) mass is 302 g/mol. The van der Waals surface area contributed by atoms with Crippen molar-refractivity contribution in [3.63, 3.8) is 0 Å². The van der Waals surface area contributed by atoms with Gasteiger partial charge in [0.15, 0.2) is 0 Å². The Balaban J connectivity index is 1.89. The molecule has 0 bridgehead atoms. The summed E-state index contributed by atoms with van der Waals surface area (Å²) in [6.45, 7) is 5.50. The van der Waals surface area contributed by atoms with Crippen molar-refractivity contribution in [1.29, 1.82) is 0 Å². The van der Waals surface area contributed by atoms with Gasteiger partial charge in [-0.3, -0.25) is 9.59 Å². The van der Waals surface area contributed by atoms with E-state index in [0.29, 0.717) is 19.5 Å². The molecule has 1 heterocycles. The molecular formula is C18H26N2O2. The van der Waals surface area contributed by atoms with Crippen LogP contribution in [0.25, 0.3) is 0 Å². The molecule has 1 aromatic carbocycles. The molecule has 0 radical (unpaired) electrons. The Kier molecular flexibility index (Phi) is 5.99. The van der Waals surface area contributed by atoms with Crippen molar-refractivity contribution in [2.75, 3.05) is 18.4 Å². The van der Waals surface area contributed by atoms with Crippen LogP contribution >= 0.6 is 0 Å². The zero-order chi connectivity index (χ0) is 15.9. The van der Waals surface area contributed by atoms with Crippen molar-refractivity contribution in [1.82, 2.24) is 4.90 Å². The molecule has 0 unspecified atom stereocenters. The molecule has 1 aliphatic rings. The number of nitrogens with one attached hydrogen (secondary N) is 1. The third-order valence-electron chi connectivity index (χ3n) is 4.34. The third kappa shape index (κ3) is 4.09. The molecule has 4 nitrogen and oxygen atoms in total. The summed E-state index contributed by atoms with van der Waals surface area (Å²) >= 11 is 0. The first-order valence-electron chi connectivity index (χ1n) is 8.32. The van der Waals surface area contributed by atoms with Crippen LogP contribution in [-0.2, 0) is 16.0 Å². The van der Waals surface area contributed by atoms with Crippen LogP contribution in [0.5, 0.6) is 0 Å². The van der Waals surface area contributed by atoms with E-state index >= 15 is 0 Å². The molecule has 0 saturated carbocycles. The number of rotatable bonds is 5. The summed E-state index contributed by atoms with van der Waals surface area (Å²) < 4.78 is 0. The first-order chi connectivity index (χ1) is 10.7. The predicted molar refractivity (Wildman–Crippen MR) is 88.7 cm³/mol. The summed E-state index contributed by atoms with van der Waals surface area (Å²) in [7, 11) is 0. The molecule has 22 heavy (non-hydrogen) atoms. The van der Waals surface area contributed by atoms with Gasteiger partial charge in [0.25, 0.3) is 0 Å². The summed E-state index contributed by atoms with van der Waals surface area (Å²) in [5.41, 5.74) is 2.07. The molecular weight excluding hydrogens is 276 g/mol. The van der Waals surface area contributed by atoms with Gasteiger partial charge >= 0.3 is 0 Å². The van der Waals surface area contributed by atoms with E-state index < -0.39 is 0 Å². The lowest BCUT2D eigenvalue weighted by atomic mass is 9.95. The summed E-state index contributed by atoms with van der Waals surface area (Å²) in [6.07, 6.45) is 3.92. The molecule has 120 valence electrons. The van der Waals surface area contributed by atoms with E-state index in [4.69, 9.17) is 0 Å². The average molecular weight is 302 g/mol. The fraction of sp³-hybridized carbons (Fsp3) is 0.556. The van der Waals surface area contributed by atoms with Gasteiger partial charge in [-0.2, -0.15) is 0 Å². The molecule has 0 spiro atoms. The van der Waals surface area contributed by atoms with E-state index in [2.05, 4.69) is 12.2 Å². The maximum atomic E-state index is 12.4. The normalized spacial score (nSPS) is 15.6. The topological polar surface area (TPSA) is 49.4 Å². The molecule has 1 N–H and O–H groups in total. The van der Waals surface area contributed by atoms with E-state index in [0.717, 1.165) is 36.9 Å². The number of amides is 2. The number of carbonyl (C=O) groups excluding carboxylic acids is 2. The van der Waals surface area contributed by atoms with Crippen LogP contribution in [0.15, 0.2) is 24.3 Å². The molecule has 2 amide bonds. The Morgan fingerprint density at radius 2 is 1.86 bits per heavy atom. The van der Waals surface area contributed by atoms with E-state index in [1.54, 1.807) is 0 Å². The smallest absolute Gasteiger partial charge is 0.227 e. The molecule has 4 heteroatoms. The summed E-state index contributed by atoms with van der Waals surface area (Å²) in [5, 5.41) is 3.06. The highest BCUT2D eigenvalue weighted by Crippen LogP contribution is 2.22. The van der Waals surface area contributed by atoms with Crippen molar-refractivity contribution in [2.45, 2.75) is 46.0 Å². The lowest BCUT2D eigenvalue weighted by molar-refractivity contribution is -0.134. The number of carbonyl (C=O) groups is 2. The van der Waals surface area contributed by atoms with Gasteiger partial charge in [-0.05, 0) is 37.3 Å². The van der Waals surface area contributed by atoms with Crippen LogP contribution in [0.4, 0.5) is 5.69 Å². The fourth-order valence-electron chi connectivity index (χ4n) is 2.95. The second kappa shape index (κ2) is 7.97. The summed E-state index contributed by atoms with van der Waals surface area (Å²) in [6, 6.07) is 7.94. The van der Waals surface area contributed by atoms with E-state index in [-0.39, 0.29) is 17.7 Å². The second-order valence-electron chi connectivity index (χ2n) is 5.91. The number of hydrogen-bond acceptors (Lipinski definition) is 2. The van der Waals surface area contributed by atoms with Gasteiger partial charge in [0.1, 0.15) is 0 Å². The molecule has 0 aromatic heterocycles. The second-order valence-corrected chi connectivity index (χ2v) is 5.91. The number of nitrogens with zero attached hydrogens (tertiary/aromatic N) is 1. The molecule has 0 aliphatic carbocycles. The van der Waals surface area contributed by atoms with E-state index in [1.807, 2.05) is 36.1 Å². The maximum absolute atomic E-state index is 12.4. The molecule has 1 saturated heterocycles. The van der Waals surface area contributed by atoms with Gasteiger partial charge in [0.05, 0.1) is 0 Å². The van der Waals surface area contributed by atoms with Gasteiger partial charge in [-0.15, -0.1) is 0 Å². The minimum atomic E-state index is 0.00980. The molecule has 1 aromatic rings. The minimum absolute atomic E-state index is 0.00980. The SMILES string of the molecule is CCCC(=O)N1CCC(C(=O)Nc2ccccc2CC)CC1. The van der Waals surface area contributed by atoms with Crippen LogP contribution in [0.3, 0.4) is 0 Å². The number of hydrogen-bond donors (Lipinski definition) is 1. The number of likely N-dealkylation sites (tertiary alicyclic amines) is 1. The van der Waals surface area contributed by atoms with Crippen LogP contribution in [0, 0.1) is 5.92 Å². The van der Waals surface area contributed by atoms with Gasteiger partial charge in [-0.25, -0.2) is 0 Å². The van der Waals surface area contributed by atoms with E-state index in [9.17, 15) is 9.59 Å². The predicted octanol–water partition coefficient (Wildman–Crippen LogP) is 3.23. The molecule has 0 atom stereocenters.